The van der Waals surface area contributed by atoms with Gasteiger partial charge in [0.05, 0.1) is 20.6 Å². The fraction of sp³-hybridized carbons (Fsp3) is 0.545. The van der Waals surface area contributed by atoms with E-state index in [9.17, 15) is 5.11 Å². The summed E-state index contributed by atoms with van der Waals surface area (Å²) in [4.78, 5) is 5.24. The van der Waals surface area contributed by atoms with Gasteiger partial charge in [-0.15, -0.1) is 6.54 Å². The number of hydrogen-bond donors (Lipinski definition) is 1. The Balaban J connectivity index is 0. The van der Waals surface area contributed by atoms with Crippen molar-refractivity contribution in [2.24, 2.45) is 0 Å². The van der Waals surface area contributed by atoms with E-state index in [2.05, 4.69) is 30.5 Å². The van der Waals surface area contributed by atoms with Crippen molar-refractivity contribution in [2.45, 2.75) is 12.6 Å². The van der Waals surface area contributed by atoms with Crippen molar-refractivity contribution in [1.29, 1.82) is 0 Å². The SMILES string of the molecule is C[NH+](C)CCC[N-]C([O-])c1[c-]ccnc1.[Li+].[Li+]. The average molecular weight is 221 g/mol. The first-order valence-electron chi connectivity index (χ1n) is 5.13. The van der Waals surface area contributed by atoms with Gasteiger partial charge >= 0.3 is 37.7 Å². The molecule has 1 aromatic rings. The first-order valence-corrected chi connectivity index (χ1v) is 5.13. The Labute approximate surface area is 128 Å². The molecule has 0 aromatic carbocycles. The van der Waals surface area contributed by atoms with Gasteiger partial charge in [0.2, 0.25) is 0 Å². The third kappa shape index (κ3) is 8.88. The van der Waals surface area contributed by atoms with Gasteiger partial charge in [-0.2, -0.15) is 17.7 Å². The van der Waals surface area contributed by atoms with Crippen molar-refractivity contribution < 1.29 is 47.7 Å². The van der Waals surface area contributed by atoms with Crippen molar-refractivity contribution in [1.82, 2.24) is 4.98 Å². The van der Waals surface area contributed by atoms with Crippen LogP contribution in [0.25, 0.3) is 5.32 Å². The van der Waals surface area contributed by atoms with Gasteiger partial charge in [-0.3, -0.25) is 0 Å². The summed E-state index contributed by atoms with van der Waals surface area (Å²) in [5.41, 5.74) is 0.523. The molecule has 6 heteroatoms. The first-order chi connectivity index (χ1) is 7.20. The third-order valence-electron chi connectivity index (χ3n) is 2.02. The summed E-state index contributed by atoms with van der Waals surface area (Å²) in [6, 6.07) is 4.48. The van der Waals surface area contributed by atoms with E-state index in [1.54, 1.807) is 12.3 Å². The molecule has 1 unspecified atom stereocenters. The number of nitrogens with zero attached hydrogens (tertiary/aromatic N) is 2. The standard InChI is InChI=1S/C11H16N3O.2Li/c1-14(2)8-4-7-13-11(15)10-5-3-6-12-9-10;;/h3,6,9,11H,4,7-8H2,1-2H3;;/q-3;2*+1/p+1. The van der Waals surface area contributed by atoms with Crippen LogP contribution in [0.15, 0.2) is 18.5 Å². The number of nitrogens with one attached hydrogen (secondary N) is 1. The molecule has 0 saturated heterocycles. The Morgan fingerprint density at radius 2 is 2.18 bits per heavy atom. The van der Waals surface area contributed by atoms with E-state index < -0.39 is 6.23 Å². The van der Waals surface area contributed by atoms with Gasteiger partial charge in [0.1, 0.15) is 0 Å². The summed E-state index contributed by atoms with van der Waals surface area (Å²) in [6.07, 6.45) is 3.04. The molecule has 1 atom stereocenters. The van der Waals surface area contributed by atoms with Crippen molar-refractivity contribution in [3.05, 3.63) is 35.4 Å². The fourth-order valence-electron chi connectivity index (χ4n) is 1.21. The maximum absolute atomic E-state index is 11.5. The molecule has 1 heterocycles. The Hall–Kier alpha value is 0.225. The number of quaternary nitrogens is 1. The van der Waals surface area contributed by atoms with E-state index >= 15 is 0 Å². The molecule has 84 valence electrons. The summed E-state index contributed by atoms with van der Waals surface area (Å²) in [5.74, 6) is 0. The molecule has 1 aromatic heterocycles. The van der Waals surface area contributed by atoms with Gasteiger partial charge in [0.25, 0.3) is 0 Å². The van der Waals surface area contributed by atoms with Crippen LogP contribution in [0.3, 0.4) is 0 Å². The minimum absolute atomic E-state index is 0. The molecule has 0 aliphatic heterocycles. The molecule has 0 aliphatic rings. The average Bonchev–Trinajstić information content (AvgIpc) is 2.25. The largest absolute Gasteiger partial charge is 1.00 e. The quantitative estimate of drug-likeness (QED) is 0.295. The second-order valence-electron chi connectivity index (χ2n) is 3.76. The fourth-order valence-corrected chi connectivity index (χ4v) is 1.21. The van der Waals surface area contributed by atoms with Crippen LogP contribution in [0, 0.1) is 6.07 Å². The van der Waals surface area contributed by atoms with Crippen LogP contribution in [0.4, 0.5) is 0 Å². The molecule has 0 spiro atoms. The van der Waals surface area contributed by atoms with Gasteiger partial charge in [0, 0.05) is 0 Å². The number of aromatic nitrogens is 1. The van der Waals surface area contributed by atoms with Gasteiger partial charge in [-0.25, -0.2) is 6.23 Å². The molecular formula is C11H17Li2N3O. The van der Waals surface area contributed by atoms with E-state index in [4.69, 9.17) is 0 Å². The topological polar surface area (TPSA) is 54.5 Å². The van der Waals surface area contributed by atoms with Crippen molar-refractivity contribution in [2.75, 3.05) is 27.2 Å². The van der Waals surface area contributed by atoms with E-state index in [1.807, 2.05) is 0 Å². The molecule has 0 radical (unpaired) electrons. The van der Waals surface area contributed by atoms with Crippen molar-refractivity contribution in [3.63, 3.8) is 0 Å². The van der Waals surface area contributed by atoms with Crippen LogP contribution in [0.2, 0.25) is 0 Å². The van der Waals surface area contributed by atoms with E-state index in [0.29, 0.717) is 12.1 Å². The van der Waals surface area contributed by atoms with Gasteiger partial charge in [0.15, 0.2) is 0 Å². The zero-order valence-electron chi connectivity index (χ0n) is 11.2. The Bertz CT molecular complexity index is 273. The molecular weight excluding hydrogens is 204 g/mol. The van der Waals surface area contributed by atoms with Crippen molar-refractivity contribution >= 4 is 0 Å². The van der Waals surface area contributed by atoms with Crippen LogP contribution in [-0.4, -0.2) is 32.2 Å². The van der Waals surface area contributed by atoms with Crippen LogP contribution in [0.5, 0.6) is 0 Å². The third-order valence-corrected chi connectivity index (χ3v) is 2.02. The van der Waals surface area contributed by atoms with E-state index in [1.165, 1.54) is 11.1 Å². The molecule has 0 bridgehead atoms. The minimum Gasteiger partial charge on any atom is -0.867 e. The second-order valence-corrected chi connectivity index (χ2v) is 3.76. The summed E-state index contributed by atoms with van der Waals surface area (Å²) in [6.45, 7) is 1.65. The summed E-state index contributed by atoms with van der Waals surface area (Å²) < 4.78 is 0. The number of hydrogen-bond acceptors (Lipinski definition) is 2. The summed E-state index contributed by atoms with van der Waals surface area (Å²) >= 11 is 0. The van der Waals surface area contributed by atoms with Crippen LogP contribution >= 0.6 is 0 Å². The normalized spacial score (nSPS) is 11.5. The van der Waals surface area contributed by atoms with Crippen molar-refractivity contribution in [3.8, 4) is 0 Å². The molecule has 1 rings (SSSR count). The predicted octanol–water partition coefficient (Wildman–Crippen LogP) is -6.84. The molecule has 4 nitrogen and oxygen atoms in total. The second kappa shape index (κ2) is 11.3. The molecule has 0 saturated carbocycles. The smallest absolute Gasteiger partial charge is 0.867 e. The summed E-state index contributed by atoms with van der Waals surface area (Å²) in [5, 5.41) is 15.6. The number of pyridine rings is 1. The maximum atomic E-state index is 11.5. The Morgan fingerprint density at radius 3 is 2.71 bits per heavy atom. The van der Waals surface area contributed by atoms with Gasteiger partial charge in [-0.05, 0) is 6.42 Å². The Kier molecular flexibility index (Phi) is 13.0. The molecule has 17 heavy (non-hydrogen) atoms. The van der Waals surface area contributed by atoms with Crippen LogP contribution in [0.1, 0.15) is 18.2 Å². The van der Waals surface area contributed by atoms with Crippen LogP contribution < -0.4 is 47.7 Å². The monoisotopic (exact) mass is 221 g/mol. The van der Waals surface area contributed by atoms with Crippen LogP contribution in [-0.2, 0) is 0 Å². The van der Waals surface area contributed by atoms with Gasteiger partial charge < -0.3 is 20.3 Å². The summed E-state index contributed by atoms with van der Waals surface area (Å²) in [7, 11) is 4.17. The minimum atomic E-state index is -1.03. The molecule has 0 fully saturated rings. The molecule has 1 N–H and O–H groups in total. The number of rotatable bonds is 6. The molecule has 0 amide bonds. The van der Waals surface area contributed by atoms with E-state index in [-0.39, 0.29) is 37.7 Å². The zero-order chi connectivity index (χ0) is 11.1. The Morgan fingerprint density at radius 1 is 1.47 bits per heavy atom. The predicted molar refractivity (Wildman–Crippen MR) is 56.3 cm³/mol. The maximum Gasteiger partial charge on any atom is 1.00 e. The van der Waals surface area contributed by atoms with Gasteiger partial charge in [-0.1, -0.05) is 12.4 Å². The first kappa shape index (κ1) is 19.6. The zero-order valence-corrected chi connectivity index (χ0v) is 11.2. The molecule has 0 aliphatic carbocycles. The van der Waals surface area contributed by atoms with E-state index in [0.717, 1.165) is 13.0 Å².